The van der Waals surface area contributed by atoms with E-state index >= 15 is 0 Å². The van der Waals surface area contributed by atoms with Gasteiger partial charge in [-0.05, 0) is 49.4 Å². The molecular formula is C15H21N5O3S. The summed E-state index contributed by atoms with van der Waals surface area (Å²) in [6, 6.07) is 4.00. The van der Waals surface area contributed by atoms with Gasteiger partial charge in [0.15, 0.2) is 0 Å². The minimum absolute atomic E-state index is 0.319. The first-order valence-electron chi connectivity index (χ1n) is 7.76. The van der Waals surface area contributed by atoms with Crippen LogP contribution in [0.25, 0.3) is 10.9 Å². The Morgan fingerprint density at radius 2 is 2.00 bits per heavy atom. The Balaban J connectivity index is 1.75. The normalized spacial score (nSPS) is 15.7. The molecule has 0 radical (unpaired) electrons. The molecule has 9 heteroatoms. The van der Waals surface area contributed by atoms with Crippen molar-refractivity contribution in [3.05, 3.63) is 33.7 Å². The monoisotopic (exact) mass is 351 g/mol. The summed E-state index contributed by atoms with van der Waals surface area (Å²) in [7, 11) is -3.63. The van der Waals surface area contributed by atoms with E-state index in [0.717, 1.165) is 35.1 Å². The van der Waals surface area contributed by atoms with Crippen molar-refractivity contribution in [2.75, 3.05) is 24.5 Å². The Labute approximate surface area is 140 Å². The molecule has 1 saturated heterocycles. The lowest BCUT2D eigenvalue weighted by Gasteiger charge is -2.40. The van der Waals surface area contributed by atoms with E-state index in [2.05, 4.69) is 14.7 Å². The minimum atomic E-state index is -3.63. The summed E-state index contributed by atoms with van der Waals surface area (Å²) in [6.45, 7) is 5.83. The third-order valence-electron chi connectivity index (χ3n) is 4.44. The first kappa shape index (κ1) is 16.9. The van der Waals surface area contributed by atoms with Crippen LogP contribution in [0.15, 0.2) is 16.9 Å². The predicted molar refractivity (Wildman–Crippen MR) is 93.3 cm³/mol. The van der Waals surface area contributed by atoms with Gasteiger partial charge >= 0.3 is 5.69 Å². The maximum absolute atomic E-state index is 11.8. The van der Waals surface area contributed by atoms with Crippen LogP contribution in [0.2, 0.25) is 0 Å². The van der Waals surface area contributed by atoms with E-state index in [9.17, 15) is 13.2 Å². The van der Waals surface area contributed by atoms with E-state index in [4.69, 9.17) is 5.14 Å². The minimum Gasteiger partial charge on any atom is -0.355 e. The predicted octanol–water partition coefficient (Wildman–Crippen LogP) is 0.159. The van der Waals surface area contributed by atoms with Crippen LogP contribution < -0.4 is 20.5 Å². The molecule has 1 aliphatic heterocycles. The molecule has 1 aromatic carbocycles. The molecule has 4 N–H and O–H groups in total. The molecule has 130 valence electrons. The summed E-state index contributed by atoms with van der Waals surface area (Å²) in [5.41, 5.74) is 2.69. The maximum Gasteiger partial charge on any atom is 0.347 e. The molecular weight excluding hydrogens is 330 g/mol. The Bertz CT molecular complexity index is 932. The number of nitrogens with two attached hydrogens (primary N) is 1. The van der Waals surface area contributed by atoms with Crippen molar-refractivity contribution >= 4 is 26.9 Å². The topological polar surface area (TPSA) is 121 Å². The van der Waals surface area contributed by atoms with Crippen molar-refractivity contribution < 1.29 is 8.42 Å². The van der Waals surface area contributed by atoms with Crippen LogP contribution in [0.3, 0.4) is 0 Å². The van der Waals surface area contributed by atoms with Crippen LogP contribution in [0.5, 0.6) is 0 Å². The average molecular weight is 351 g/mol. The van der Waals surface area contributed by atoms with Crippen LogP contribution in [-0.4, -0.2) is 38.0 Å². The van der Waals surface area contributed by atoms with Gasteiger partial charge in [0, 0.05) is 25.0 Å². The molecule has 1 fully saturated rings. The number of aromatic nitrogens is 2. The van der Waals surface area contributed by atoms with Gasteiger partial charge in [0.1, 0.15) is 5.82 Å². The molecule has 2 heterocycles. The zero-order chi connectivity index (χ0) is 17.5. The molecule has 8 nitrogen and oxygen atoms in total. The van der Waals surface area contributed by atoms with E-state index in [1.807, 2.05) is 30.9 Å². The number of nitrogens with zero attached hydrogens (tertiary/aromatic N) is 2. The van der Waals surface area contributed by atoms with Crippen molar-refractivity contribution in [3.8, 4) is 0 Å². The van der Waals surface area contributed by atoms with Crippen molar-refractivity contribution in [1.82, 2.24) is 14.7 Å². The number of anilines is 1. The molecule has 0 bridgehead atoms. The molecule has 2 aromatic rings. The van der Waals surface area contributed by atoms with Crippen molar-refractivity contribution in [2.24, 2.45) is 11.1 Å². The summed E-state index contributed by atoms with van der Waals surface area (Å²) < 4.78 is 24.0. The second-order valence-corrected chi connectivity index (χ2v) is 7.73. The Kier molecular flexibility index (Phi) is 4.33. The van der Waals surface area contributed by atoms with E-state index in [1.54, 1.807) is 0 Å². The van der Waals surface area contributed by atoms with Gasteiger partial charge in [0.2, 0.25) is 0 Å². The smallest absolute Gasteiger partial charge is 0.347 e. The lowest BCUT2D eigenvalue weighted by Crippen LogP contribution is -2.49. The van der Waals surface area contributed by atoms with Gasteiger partial charge in [-0.25, -0.2) is 14.7 Å². The highest BCUT2D eigenvalue weighted by molar-refractivity contribution is 7.87. The fraction of sp³-hybridized carbons (Fsp3) is 0.467. The Hall–Kier alpha value is -1.97. The average Bonchev–Trinajstić information content (AvgIpc) is 2.41. The van der Waals surface area contributed by atoms with Crippen molar-refractivity contribution in [1.29, 1.82) is 0 Å². The standard InChI is InChI=1S/C15H21N5O3S/c1-9-5-12-13(6-10(9)2)18-15(21)19-14(12)20-7-11(8-20)3-4-17-24(16,22)23/h5-6,11,17H,3-4,7-8H2,1-2H3,(H2,16,22,23)(H,18,19,21). The Morgan fingerprint density at radius 3 is 2.67 bits per heavy atom. The summed E-state index contributed by atoms with van der Waals surface area (Å²) in [5.74, 6) is 1.04. The molecule has 0 unspecified atom stereocenters. The zero-order valence-corrected chi connectivity index (χ0v) is 14.5. The first-order valence-corrected chi connectivity index (χ1v) is 9.31. The fourth-order valence-electron chi connectivity index (χ4n) is 2.98. The molecule has 1 aromatic heterocycles. The maximum atomic E-state index is 11.8. The molecule has 0 aliphatic carbocycles. The Morgan fingerprint density at radius 1 is 1.33 bits per heavy atom. The van der Waals surface area contributed by atoms with Crippen LogP contribution in [-0.2, 0) is 10.2 Å². The summed E-state index contributed by atoms with van der Waals surface area (Å²) in [6.07, 6.45) is 0.701. The van der Waals surface area contributed by atoms with Gasteiger partial charge in [-0.15, -0.1) is 0 Å². The largest absolute Gasteiger partial charge is 0.355 e. The van der Waals surface area contributed by atoms with Crippen LogP contribution in [0.4, 0.5) is 5.82 Å². The summed E-state index contributed by atoms with van der Waals surface area (Å²) in [4.78, 5) is 20.8. The quantitative estimate of drug-likeness (QED) is 0.708. The number of hydrogen-bond acceptors (Lipinski definition) is 5. The summed E-state index contributed by atoms with van der Waals surface area (Å²) in [5, 5.41) is 5.84. The van der Waals surface area contributed by atoms with Gasteiger partial charge in [-0.2, -0.15) is 13.4 Å². The zero-order valence-electron chi connectivity index (χ0n) is 13.7. The fourth-order valence-corrected chi connectivity index (χ4v) is 3.38. The van der Waals surface area contributed by atoms with Gasteiger partial charge < -0.3 is 9.88 Å². The lowest BCUT2D eigenvalue weighted by atomic mass is 9.95. The summed E-state index contributed by atoms with van der Waals surface area (Å²) >= 11 is 0. The van der Waals surface area contributed by atoms with E-state index in [-0.39, 0.29) is 5.69 Å². The third-order valence-corrected chi connectivity index (χ3v) is 5.04. The van der Waals surface area contributed by atoms with Gasteiger partial charge in [-0.1, -0.05) is 0 Å². The second kappa shape index (κ2) is 6.15. The second-order valence-electron chi connectivity index (χ2n) is 6.35. The lowest BCUT2D eigenvalue weighted by molar-refractivity contribution is 0.382. The number of fused-ring (bicyclic) bond motifs is 1. The molecule has 24 heavy (non-hydrogen) atoms. The molecule has 0 saturated carbocycles. The highest BCUT2D eigenvalue weighted by Gasteiger charge is 2.29. The highest BCUT2D eigenvalue weighted by atomic mass is 32.2. The SMILES string of the molecule is Cc1cc2[nH]c(=O)nc(N3CC(CCNS(N)(=O)=O)C3)c2cc1C. The molecule has 3 rings (SSSR count). The highest BCUT2D eigenvalue weighted by Crippen LogP contribution is 2.30. The van der Waals surface area contributed by atoms with Gasteiger partial charge in [-0.3, -0.25) is 0 Å². The van der Waals surface area contributed by atoms with Crippen molar-refractivity contribution in [3.63, 3.8) is 0 Å². The third kappa shape index (κ3) is 3.58. The molecule has 0 amide bonds. The number of rotatable bonds is 5. The number of hydrogen-bond donors (Lipinski definition) is 3. The van der Waals surface area contributed by atoms with Crippen LogP contribution in [0, 0.1) is 19.8 Å². The van der Waals surface area contributed by atoms with E-state index in [1.165, 1.54) is 0 Å². The van der Waals surface area contributed by atoms with Gasteiger partial charge in [0.25, 0.3) is 10.2 Å². The van der Waals surface area contributed by atoms with Gasteiger partial charge in [0.05, 0.1) is 5.52 Å². The van der Waals surface area contributed by atoms with Crippen LogP contribution in [0.1, 0.15) is 17.5 Å². The molecule has 0 spiro atoms. The number of aromatic amines is 1. The number of benzene rings is 1. The molecule has 0 atom stereocenters. The first-order chi connectivity index (χ1) is 11.2. The number of nitrogens with one attached hydrogen (secondary N) is 2. The number of aryl methyl sites for hydroxylation is 2. The van der Waals surface area contributed by atoms with Crippen molar-refractivity contribution in [2.45, 2.75) is 20.3 Å². The van der Waals surface area contributed by atoms with E-state index < -0.39 is 10.2 Å². The molecule has 1 aliphatic rings. The number of H-pyrrole nitrogens is 1. The van der Waals surface area contributed by atoms with Crippen LogP contribution >= 0.6 is 0 Å². The van der Waals surface area contributed by atoms with E-state index in [0.29, 0.717) is 24.7 Å².